The lowest BCUT2D eigenvalue weighted by molar-refractivity contribution is 0.0485. The second-order valence-corrected chi connectivity index (χ2v) is 7.80. The number of amides is 2. The number of ether oxygens (including phenoxy) is 2. The van der Waals surface area contributed by atoms with Crippen molar-refractivity contribution >= 4 is 27.9 Å². The number of nitrogens with one attached hydrogen (secondary N) is 1. The summed E-state index contributed by atoms with van der Waals surface area (Å²) in [6, 6.07) is 5.75. The van der Waals surface area contributed by atoms with Gasteiger partial charge in [0.25, 0.3) is 5.91 Å². The van der Waals surface area contributed by atoms with Gasteiger partial charge >= 0.3 is 6.09 Å². The Kier molecular flexibility index (Phi) is 6.84. The number of fused-ring (bicyclic) bond motifs is 1. The van der Waals surface area contributed by atoms with E-state index in [0.717, 1.165) is 22.0 Å². The molecule has 0 bridgehead atoms. The van der Waals surface area contributed by atoms with Crippen LogP contribution in [0.4, 0.5) is 4.79 Å². The second kappa shape index (κ2) is 8.67. The SMILES string of the molecule is CC(C)(C)OC(=O)NCCOCCN1CCc2cc(Br)ccc2C1=O. The molecule has 1 aromatic rings. The first-order valence-corrected chi connectivity index (χ1v) is 9.18. The number of alkyl carbamates (subject to hydrolysis) is 1. The van der Waals surface area contributed by atoms with Gasteiger partial charge in [0.15, 0.2) is 0 Å². The largest absolute Gasteiger partial charge is 0.444 e. The van der Waals surface area contributed by atoms with Gasteiger partial charge in [0.1, 0.15) is 5.60 Å². The summed E-state index contributed by atoms with van der Waals surface area (Å²) in [5.41, 5.74) is 1.34. The van der Waals surface area contributed by atoms with Crippen LogP contribution in [0.5, 0.6) is 0 Å². The molecule has 2 rings (SSSR count). The Morgan fingerprint density at radius 1 is 1.32 bits per heavy atom. The van der Waals surface area contributed by atoms with Gasteiger partial charge in [-0.05, 0) is 51.0 Å². The van der Waals surface area contributed by atoms with Gasteiger partial charge in [0, 0.05) is 29.7 Å². The number of halogens is 1. The van der Waals surface area contributed by atoms with Gasteiger partial charge in [0.2, 0.25) is 0 Å². The Bertz CT molecular complexity index is 628. The van der Waals surface area contributed by atoms with Crippen molar-refractivity contribution in [1.82, 2.24) is 10.2 Å². The van der Waals surface area contributed by atoms with Crippen molar-refractivity contribution in [3.8, 4) is 0 Å². The van der Waals surface area contributed by atoms with Gasteiger partial charge in [0.05, 0.1) is 13.2 Å². The lowest BCUT2D eigenvalue weighted by atomic mass is 9.99. The van der Waals surface area contributed by atoms with Crippen LogP contribution in [-0.2, 0) is 15.9 Å². The van der Waals surface area contributed by atoms with Gasteiger partial charge in [-0.1, -0.05) is 15.9 Å². The Morgan fingerprint density at radius 3 is 2.80 bits per heavy atom. The Hall–Kier alpha value is -1.60. The Labute approximate surface area is 157 Å². The molecule has 0 radical (unpaired) electrons. The summed E-state index contributed by atoms with van der Waals surface area (Å²) in [5.74, 6) is 0.0456. The first-order valence-electron chi connectivity index (χ1n) is 8.38. The van der Waals surface area contributed by atoms with E-state index in [1.165, 1.54) is 0 Å². The van der Waals surface area contributed by atoms with E-state index in [4.69, 9.17) is 9.47 Å². The van der Waals surface area contributed by atoms with E-state index in [2.05, 4.69) is 21.2 Å². The standard InChI is InChI=1S/C18H25BrN2O4/c1-18(2,3)25-17(23)20-7-10-24-11-9-21-8-6-13-12-14(19)4-5-15(13)16(21)22/h4-5,12H,6-11H2,1-3H3,(H,20,23). The highest BCUT2D eigenvalue weighted by Crippen LogP contribution is 2.22. The summed E-state index contributed by atoms with van der Waals surface area (Å²) in [6.07, 6.45) is 0.394. The fourth-order valence-electron chi connectivity index (χ4n) is 2.53. The molecule has 1 aliphatic heterocycles. The topological polar surface area (TPSA) is 67.9 Å². The zero-order valence-corrected chi connectivity index (χ0v) is 16.5. The minimum atomic E-state index is -0.508. The lowest BCUT2D eigenvalue weighted by Gasteiger charge is -2.28. The van der Waals surface area contributed by atoms with E-state index in [1.807, 2.05) is 39.0 Å². The third-order valence-electron chi connectivity index (χ3n) is 3.66. The summed E-state index contributed by atoms with van der Waals surface area (Å²) >= 11 is 3.43. The van der Waals surface area contributed by atoms with Gasteiger partial charge in [-0.25, -0.2) is 4.79 Å². The smallest absolute Gasteiger partial charge is 0.407 e. The predicted octanol–water partition coefficient (Wildman–Crippen LogP) is 2.99. The molecule has 1 heterocycles. The maximum Gasteiger partial charge on any atom is 0.407 e. The number of carbonyl (C=O) groups excluding carboxylic acids is 2. The fourth-order valence-corrected chi connectivity index (χ4v) is 2.94. The molecule has 6 nitrogen and oxygen atoms in total. The minimum Gasteiger partial charge on any atom is -0.444 e. The lowest BCUT2D eigenvalue weighted by Crippen LogP contribution is -2.40. The highest BCUT2D eigenvalue weighted by atomic mass is 79.9. The number of benzene rings is 1. The van der Waals surface area contributed by atoms with Crippen LogP contribution in [0.15, 0.2) is 22.7 Å². The summed E-state index contributed by atoms with van der Waals surface area (Å²) in [4.78, 5) is 25.7. The third-order valence-corrected chi connectivity index (χ3v) is 4.15. The fraction of sp³-hybridized carbons (Fsp3) is 0.556. The zero-order valence-electron chi connectivity index (χ0n) is 14.9. The van der Waals surface area contributed by atoms with Crippen LogP contribution in [0.1, 0.15) is 36.7 Å². The molecule has 0 fully saturated rings. The van der Waals surface area contributed by atoms with Crippen LogP contribution in [0, 0.1) is 0 Å². The molecule has 1 aromatic carbocycles. The molecule has 0 aromatic heterocycles. The molecular weight excluding hydrogens is 388 g/mol. The molecular formula is C18H25BrN2O4. The molecule has 1 N–H and O–H groups in total. The van der Waals surface area contributed by atoms with E-state index in [9.17, 15) is 9.59 Å². The molecule has 7 heteroatoms. The van der Waals surface area contributed by atoms with E-state index < -0.39 is 11.7 Å². The van der Waals surface area contributed by atoms with Gasteiger partial charge in [-0.2, -0.15) is 0 Å². The molecule has 2 amide bonds. The van der Waals surface area contributed by atoms with Crippen LogP contribution >= 0.6 is 15.9 Å². The monoisotopic (exact) mass is 412 g/mol. The zero-order chi connectivity index (χ0) is 18.4. The minimum absolute atomic E-state index is 0.0456. The van der Waals surface area contributed by atoms with Crippen LogP contribution in [0.3, 0.4) is 0 Å². The second-order valence-electron chi connectivity index (χ2n) is 6.88. The van der Waals surface area contributed by atoms with E-state index in [0.29, 0.717) is 32.8 Å². The van der Waals surface area contributed by atoms with E-state index >= 15 is 0 Å². The first-order chi connectivity index (χ1) is 11.8. The van der Waals surface area contributed by atoms with Gasteiger partial charge < -0.3 is 19.7 Å². The molecule has 0 atom stereocenters. The molecule has 0 saturated carbocycles. The first kappa shape index (κ1) is 19.7. The highest BCUT2D eigenvalue weighted by Gasteiger charge is 2.23. The van der Waals surface area contributed by atoms with Crippen molar-refractivity contribution in [2.75, 3.05) is 32.8 Å². The summed E-state index contributed by atoms with van der Waals surface area (Å²) < 4.78 is 11.6. The predicted molar refractivity (Wildman–Crippen MR) is 98.8 cm³/mol. The number of hydrogen-bond acceptors (Lipinski definition) is 4. The summed E-state index contributed by atoms with van der Waals surface area (Å²) in [7, 11) is 0. The maximum atomic E-state index is 12.5. The molecule has 0 unspecified atom stereocenters. The number of carbonyl (C=O) groups is 2. The van der Waals surface area contributed by atoms with Crippen LogP contribution < -0.4 is 5.32 Å². The van der Waals surface area contributed by atoms with E-state index in [1.54, 1.807) is 4.90 Å². The van der Waals surface area contributed by atoms with Crippen LogP contribution in [0.25, 0.3) is 0 Å². The molecule has 1 aliphatic rings. The van der Waals surface area contributed by atoms with Crippen molar-refractivity contribution < 1.29 is 19.1 Å². The number of nitrogens with zero attached hydrogens (tertiary/aromatic N) is 1. The van der Waals surface area contributed by atoms with Crippen LogP contribution in [-0.4, -0.2) is 55.3 Å². The van der Waals surface area contributed by atoms with Crippen molar-refractivity contribution in [1.29, 1.82) is 0 Å². The summed E-state index contributed by atoms with van der Waals surface area (Å²) in [5, 5.41) is 2.63. The normalized spacial score (nSPS) is 14.2. The van der Waals surface area contributed by atoms with Gasteiger partial charge in [-0.15, -0.1) is 0 Å². The summed E-state index contributed by atoms with van der Waals surface area (Å²) in [6.45, 7) is 7.88. The van der Waals surface area contributed by atoms with Gasteiger partial charge in [-0.3, -0.25) is 4.79 Å². The van der Waals surface area contributed by atoms with E-state index in [-0.39, 0.29) is 5.91 Å². The number of rotatable bonds is 6. The molecule has 0 aliphatic carbocycles. The molecule has 0 saturated heterocycles. The Balaban J connectivity index is 1.65. The molecule has 138 valence electrons. The van der Waals surface area contributed by atoms with Crippen molar-refractivity contribution in [2.24, 2.45) is 0 Å². The quantitative estimate of drug-likeness (QED) is 0.729. The average molecular weight is 413 g/mol. The number of hydrogen-bond donors (Lipinski definition) is 1. The highest BCUT2D eigenvalue weighted by molar-refractivity contribution is 9.10. The maximum absolute atomic E-state index is 12.5. The molecule has 25 heavy (non-hydrogen) atoms. The van der Waals surface area contributed by atoms with Crippen LogP contribution in [0.2, 0.25) is 0 Å². The van der Waals surface area contributed by atoms with Crippen molar-refractivity contribution in [2.45, 2.75) is 32.8 Å². The van der Waals surface area contributed by atoms with Crippen molar-refractivity contribution in [3.63, 3.8) is 0 Å². The average Bonchev–Trinajstić information content (AvgIpc) is 2.50. The third kappa shape index (κ3) is 6.32. The van der Waals surface area contributed by atoms with Crippen molar-refractivity contribution in [3.05, 3.63) is 33.8 Å². The molecule has 0 spiro atoms. The Morgan fingerprint density at radius 2 is 2.08 bits per heavy atom.